The lowest BCUT2D eigenvalue weighted by Gasteiger charge is -2.30. The number of nitrogens with one attached hydrogen (secondary N) is 4. The van der Waals surface area contributed by atoms with E-state index in [1.807, 2.05) is 0 Å². The van der Waals surface area contributed by atoms with Crippen molar-refractivity contribution in [2.75, 3.05) is 11.9 Å². The number of anilines is 1. The van der Waals surface area contributed by atoms with Crippen molar-refractivity contribution in [2.45, 2.75) is 84.5 Å². The number of aliphatic carboxylic acids is 1. The van der Waals surface area contributed by atoms with Gasteiger partial charge in [0.25, 0.3) is 0 Å². The Balaban J connectivity index is 1.62. The first-order valence-corrected chi connectivity index (χ1v) is 14.5. The molecule has 1 aliphatic heterocycles. The summed E-state index contributed by atoms with van der Waals surface area (Å²) in [5, 5.41) is 19.9. The van der Waals surface area contributed by atoms with Gasteiger partial charge in [-0.1, -0.05) is 13.8 Å². The molecule has 238 valence electrons. The van der Waals surface area contributed by atoms with Crippen molar-refractivity contribution in [3.8, 4) is 0 Å². The predicted molar refractivity (Wildman–Crippen MR) is 159 cm³/mol. The van der Waals surface area contributed by atoms with Gasteiger partial charge in [0.2, 0.25) is 29.5 Å². The predicted octanol–water partition coefficient (Wildman–Crippen LogP) is 1.05. The zero-order chi connectivity index (χ0) is 32.7. The van der Waals surface area contributed by atoms with Crippen molar-refractivity contribution >= 4 is 52.2 Å². The van der Waals surface area contributed by atoms with Gasteiger partial charge in [0.15, 0.2) is 0 Å². The third kappa shape index (κ3) is 8.64. The number of carboxylic acids is 1. The van der Waals surface area contributed by atoms with Crippen LogP contribution >= 0.6 is 0 Å². The molecule has 4 atom stereocenters. The van der Waals surface area contributed by atoms with Crippen LogP contribution in [0.3, 0.4) is 0 Å². The van der Waals surface area contributed by atoms with Gasteiger partial charge >= 0.3 is 11.6 Å². The van der Waals surface area contributed by atoms with Crippen LogP contribution in [0, 0.1) is 12.8 Å². The minimum absolute atomic E-state index is 0.281. The molecule has 1 aliphatic rings. The van der Waals surface area contributed by atoms with Crippen molar-refractivity contribution in [1.82, 2.24) is 20.9 Å². The average molecular weight is 614 g/mol. The highest BCUT2D eigenvalue weighted by Gasteiger charge is 2.38. The highest BCUT2D eigenvalue weighted by Crippen LogP contribution is 2.22. The van der Waals surface area contributed by atoms with E-state index in [1.165, 1.54) is 24.8 Å². The number of fused-ring (bicyclic) bond motifs is 1. The number of hydrogen-bond donors (Lipinski definition) is 5. The number of likely N-dealkylation sites (tertiary alicyclic amines) is 1. The summed E-state index contributed by atoms with van der Waals surface area (Å²) in [6.07, 6.45) is 0.251. The SMILES string of the molecule is Cc1cc(=O)oc2ccc(NC(=O)C(NC(=O)C3CCCN3C(=O)C(C)NC(=O)C(C)NC(=O)CCC(=O)O)C(C)C)cc12. The standard InChI is InChI=1S/C30H39N5O9/c1-15(2)26(29(42)33-19-8-9-22-20(14-19)16(3)13-25(39)44-22)34-28(41)21-7-6-12-35(21)30(43)18(5)32-27(40)17(4)31-23(36)10-11-24(37)38/h8-9,13-15,17-18,21,26H,6-7,10-12H2,1-5H3,(H,31,36)(H,32,40)(H,33,42)(H,34,41)(H,37,38). The summed E-state index contributed by atoms with van der Waals surface area (Å²) < 4.78 is 5.19. The molecule has 0 bridgehead atoms. The second kappa shape index (κ2) is 14.6. The number of carbonyl (C=O) groups is 6. The molecule has 44 heavy (non-hydrogen) atoms. The molecule has 4 unspecified atom stereocenters. The van der Waals surface area contributed by atoms with Crippen LogP contribution < -0.4 is 26.9 Å². The van der Waals surface area contributed by atoms with Crippen molar-refractivity contribution < 1.29 is 38.3 Å². The Bertz CT molecular complexity index is 1500. The summed E-state index contributed by atoms with van der Waals surface area (Å²) in [5.41, 5.74) is 1.05. The Kier molecular flexibility index (Phi) is 11.2. The van der Waals surface area contributed by atoms with Gasteiger partial charge in [-0.25, -0.2) is 4.79 Å². The molecule has 5 amide bonds. The fourth-order valence-electron chi connectivity index (χ4n) is 4.95. The molecule has 0 radical (unpaired) electrons. The lowest BCUT2D eigenvalue weighted by atomic mass is 10.0. The number of aryl methyl sites for hydroxylation is 1. The van der Waals surface area contributed by atoms with E-state index in [9.17, 15) is 33.6 Å². The molecule has 1 fully saturated rings. The number of amides is 5. The first-order chi connectivity index (χ1) is 20.7. The van der Waals surface area contributed by atoms with Gasteiger partial charge in [0, 0.05) is 30.1 Å². The first-order valence-electron chi connectivity index (χ1n) is 14.5. The maximum atomic E-state index is 13.4. The minimum Gasteiger partial charge on any atom is -0.481 e. The van der Waals surface area contributed by atoms with Gasteiger partial charge in [-0.3, -0.25) is 28.8 Å². The molecule has 1 aromatic heterocycles. The second-order valence-corrected chi connectivity index (χ2v) is 11.3. The first kappa shape index (κ1) is 33.7. The lowest BCUT2D eigenvalue weighted by Crippen LogP contribution is -2.57. The van der Waals surface area contributed by atoms with Crippen molar-refractivity contribution in [3.05, 3.63) is 40.2 Å². The zero-order valence-electron chi connectivity index (χ0n) is 25.4. The molecule has 0 saturated carbocycles. The monoisotopic (exact) mass is 613 g/mol. The van der Waals surface area contributed by atoms with Crippen LogP contribution in [-0.2, 0) is 28.8 Å². The van der Waals surface area contributed by atoms with Gasteiger partial charge in [0.1, 0.15) is 29.8 Å². The molecule has 0 spiro atoms. The van der Waals surface area contributed by atoms with E-state index >= 15 is 0 Å². The molecule has 14 heteroatoms. The van der Waals surface area contributed by atoms with E-state index in [4.69, 9.17) is 9.52 Å². The van der Waals surface area contributed by atoms with E-state index in [2.05, 4.69) is 21.3 Å². The molecule has 1 saturated heterocycles. The van der Waals surface area contributed by atoms with Crippen LogP contribution in [0.25, 0.3) is 11.0 Å². The van der Waals surface area contributed by atoms with Crippen molar-refractivity contribution in [1.29, 1.82) is 0 Å². The number of nitrogens with zero attached hydrogens (tertiary/aromatic N) is 1. The maximum absolute atomic E-state index is 13.4. The number of carbonyl (C=O) groups excluding carboxylic acids is 5. The number of rotatable bonds is 12. The normalized spacial score (nSPS) is 16.6. The van der Waals surface area contributed by atoms with Crippen LogP contribution in [0.1, 0.15) is 58.9 Å². The van der Waals surface area contributed by atoms with E-state index < -0.39 is 65.3 Å². The summed E-state index contributed by atoms with van der Waals surface area (Å²) in [4.78, 5) is 87.9. The molecule has 0 aliphatic carbocycles. The molecular weight excluding hydrogens is 574 g/mol. The van der Waals surface area contributed by atoms with Crippen molar-refractivity contribution in [3.63, 3.8) is 0 Å². The molecule has 5 N–H and O–H groups in total. The Morgan fingerprint density at radius 3 is 2.32 bits per heavy atom. The second-order valence-electron chi connectivity index (χ2n) is 11.3. The number of carboxylic acid groups (broad SMARTS) is 1. The summed E-state index contributed by atoms with van der Waals surface area (Å²) in [5.74, 6) is -4.15. The smallest absolute Gasteiger partial charge is 0.336 e. The van der Waals surface area contributed by atoms with Gasteiger partial charge < -0.3 is 35.7 Å². The Morgan fingerprint density at radius 1 is 0.955 bits per heavy atom. The summed E-state index contributed by atoms with van der Waals surface area (Å²) >= 11 is 0. The molecule has 1 aromatic carbocycles. The third-order valence-electron chi connectivity index (χ3n) is 7.37. The summed E-state index contributed by atoms with van der Waals surface area (Å²) in [6.45, 7) is 8.47. The summed E-state index contributed by atoms with van der Waals surface area (Å²) in [7, 11) is 0. The van der Waals surface area contributed by atoms with E-state index in [-0.39, 0.29) is 25.3 Å². The van der Waals surface area contributed by atoms with Crippen LogP contribution in [0.5, 0.6) is 0 Å². The fourth-order valence-corrected chi connectivity index (χ4v) is 4.95. The summed E-state index contributed by atoms with van der Waals surface area (Å²) in [6, 6.07) is 2.41. The minimum atomic E-state index is -1.14. The average Bonchev–Trinajstić information content (AvgIpc) is 3.44. The highest BCUT2D eigenvalue weighted by atomic mass is 16.4. The Hall–Kier alpha value is -4.75. The molecular formula is C30H39N5O9. The van der Waals surface area contributed by atoms with E-state index in [0.29, 0.717) is 35.1 Å². The maximum Gasteiger partial charge on any atom is 0.336 e. The van der Waals surface area contributed by atoms with Crippen LogP contribution in [0.2, 0.25) is 0 Å². The van der Waals surface area contributed by atoms with Crippen molar-refractivity contribution in [2.24, 2.45) is 5.92 Å². The number of hydrogen-bond acceptors (Lipinski definition) is 8. The van der Waals surface area contributed by atoms with Gasteiger partial charge in [-0.2, -0.15) is 0 Å². The molecule has 3 rings (SSSR count). The molecule has 14 nitrogen and oxygen atoms in total. The highest BCUT2D eigenvalue weighted by molar-refractivity contribution is 6.00. The van der Waals surface area contributed by atoms with Gasteiger partial charge in [0.05, 0.1) is 6.42 Å². The van der Waals surface area contributed by atoms with Gasteiger partial charge in [-0.15, -0.1) is 0 Å². The van der Waals surface area contributed by atoms with E-state index in [1.54, 1.807) is 39.0 Å². The molecule has 2 heterocycles. The Labute approximate surface area is 253 Å². The van der Waals surface area contributed by atoms with Crippen LogP contribution in [0.15, 0.2) is 33.5 Å². The van der Waals surface area contributed by atoms with E-state index in [0.717, 1.165) is 0 Å². The molecule has 2 aromatic rings. The Morgan fingerprint density at radius 2 is 1.66 bits per heavy atom. The van der Waals surface area contributed by atoms with Crippen LogP contribution in [-0.4, -0.2) is 76.2 Å². The topological polar surface area (TPSA) is 204 Å². The largest absolute Gasteiger partial charge is 0.481 e. The quantitative estimate of drug-likeness (QED) is 0.217. The van der Waals surface area contributed by atoms with Gasteiger partial charge in [-0.05, 0) is 63.3 Å². The van der Waals surface area contributed by atoms with Crippen LogP contribution in [0.4, 0.5) is 5.69 Å². The fraction of sp³-hybridized carbons (Fsp3) is 0.500. The zero-order valence-corrected chi connectivity index (χ0v) is 25.4. The number of benzene rings is 1. The lowest BCUT2D eigenvalue weighted by molar-refractivity contribution is -0.142. The third-order valence-corrected chi connectivity index (χ3v) is 7.37.